The average molecular weight is 294 g/mol. The molecule has 1 atom stereocenters. The Kier molecular flexibility index (Phi) is 4.64. The van der Waals surface area contributed by atoms with E-state index in [4.69, 9.17) is 0 Å². The standard InChI is InChI=1S/C17H30N2O2/c1-5-9-13(2)12-19-15(21)17(10-7-6-8-11-17)18-14(20)16(19,3)4/h13H,5-12H2,1-4H3,(H,18,20). The Bertz CT molecular complexity index is 411. The number of nitrogens with zero attached hydrogens (tertiary/aromatic N) is 1. The van der Waals surface area contributed by atoms with Gasteiger partial charge in [-0.1, -0.05) is 39.5 Å². The monoisotopic (exact) mass is 294 g/mol. The topological polar surface area (TPSA) is 49.4 Å². The van der Waals surface area contributed by atoms with Crippen LogP contribution in [-0.4, -0.2) is 34.3 Å². The van der Waals surface area contributed by atoms with E-state index in [-0.39, 0.29) is 11.8 Å². The molecule has 0 aromatic heterocycles. The second kappa shape index (κ2) is 5.98. The fraction of sp³-hybridized carbons (Fsp3) is 0.882. The molecule has 0 bridgehead atoms. The van der Waals surface area contributed by atoms with Gasteiger partial charge in [0, 0.05) is 6.54 Å². The van der Waals surface area contributed by atoms with Crippen LogP contribution in [0.5, 0.6) is 0 Å². The van der Waals surface area contributed by atoms with E-state index in [9.17, 15) is 9.59 Å². The second-order valence-corrected chi connectivity index (χ2v) is 7.47. The zero-order valence-electron chi connectivity index (χ0n) is 14.0. The first kappa shape index (κ1) is 16.3. The summed E-state index contributed by atoms with van der Waals surface area (Å²) in [6, 6.07) is 0. The van der Waals surface area contributed by atoms with Gasteiger partial charge in [-0.3, -0.25) is 9.59 Å². The maximum absolute atomic E-state index is 13.1. The lowest BCUT2D eigenvalue weighted by atomic mass is 9.76. The third-order valence-corrected chi connectivity index (χ3v) is 5.22. The van der Waals surface area contributed by atoms with E-state index in [2.05, 4.69) is 19.2 Å². The van der Waals surface area contributed by atoms with E-state index < -0.39 is 11.1 Å². The van der Waals surface area contributed by atoms with Gasteiger partial charge in [0.05, 0.1) is 0 Å². The van der Waals surface area contributed by atoms with Crippen molar-refractivity contribution >= 4 is 11.8 Å². The number of carbonyl (C=O) groups excluding carboxylic acids is 2. The zero-order chi connectivity index (χ0) is 15.7. The highest BCUT2D eigenvalue weighted by molar-refractivity contribution is 6.01. The van der Waals surface area contributed by atoms with Gasteiger partial charge in [0.2, 0.25) is 11.8 Å². The minimum absolute atomic E-state index is 0.00713. The number of nitrogens with one attached hydrogen (secondary N) is 1. The maximum Gasteiger partial charge on any atom is 0.249 e. The van der Waals surface area contributed by atoms with Gasteiger partial charge < -0.3 is 10.2 Å². The lowest BCUT2D eigenvalue weighted by molar-refractivity contribution is -0.163. The highest BCUT2D eigenvalue weighted by atomic mass is 16.2. The van der Waals surface area contributed by atoms with Gasteiger partial charge >= 0.3 is 0 Å². The van der Waals surface area contributed by atoms with Crippen LogP contribution in [0.1, 0.15) is 72.6 Å². The Morgan fingerprint density at radius 3 is 2.38 bits per heavy atom. The predicted octanol–water partition coefficient (Wildman–Crippen LogP) is 2.86. The van der Waals surface area contributed by atoms with Crippen molar-refractivity contribution in [3.8, 4) is 0 Å². The minimum atomic E-state index is -0.734. The zero-order valence-corrected chi connectivity index (χ0v) is 14.0. The van der Waals surface area contributed by atoms with Crippen LogP contribution in [0.25, 0.3) is 0 Å². The van der Waals surface area contributed by atoms with Crippen LogP contribution < -0.4 is 5.32 Å². The molecule has 0 aromatic carbocycles. The normalized spacial score (nSPS) is 25.8. The molecule has 120 valence electrons. The summed E-state index contributed by atoms with van der Waals surface area (Å²) in [4.78, 5) is 27.6. The van der Waals surface area contributed by atoms with Gasteiger partial charge in [-0.2, -0.15) is 0 Å². The van der Waals surface area contributed by atoms with Crippen molar-refractivity contribution in [2.75, 3.05) is 6.54 Å². The molecule has 1 saturated heterocycles. The summed E-state index contributed by atoms with van der Waals surface area (Å²) < 4.78 is 0. The van der Waals surface area contributed by atoms with Crippen LogP contribution in [0.2, 0.25) is 0 Å². The summed E-state index contributed by atoms with van der Waals surface area (Å²) in [5, 5.41) is 3.08. The molecule has 1 N–H and O–H groups in total. The molecule has 2 rings (SSSR count). The molecule has 4 nitrogen and oxygen atoms in total. The fourth-order valence-electron chi connectivity index (χ4n) is 3.76. The molecule has 1 aliphatic carbocycles. The first-order valence-corrected chi connectivity index (χ1v) is 8.48. The number of hydrogen-bond donors (Lipinski definition) is 1. The Morgan fingerprint density at radius 1 is 1.19 bits per heavy atom. The lowest BCUT2D eigenvalue weighted by Crippen LogP contribution is -2.74. The smallest absolute Gasteiger partial charge is 0.249 e. The molecule has 0 aromatic rings. The SMILES string of the molecule is CCCC(C)CN1C(=O)C2(CCCCC2)NC(=O)C1(C)C. The Balaban J connectivity index is 2.25. The van der Waals surface area contributed by atoms with Crippen molar-refractivity contribution in [1.82, 2.24) is 10.2 Å². The van der Waals surface area contributed by atoms with Gasteiger partial charge in [-0.15, -0.1) is 0 Å². The Morgan fingerprint density at radius 2 is 1.81 bits per heavy atom. The fourth-order valence-corrected chi connectivity index (χ4v) is 3.76. The molecule has 1 spiro atoms. The minimum Gasteiger partial charge on any atom is -0.340 e. The summed E-state index contributed by atoms with van der Waals surface area (Å²) in [5.41, 5.74) is -1.35. The van der Waals surface area contributed by atoms with Gasteiger partial charge in [-0.05, 0) is 39.0 Å². The van der Waals surface area contributed by atoms with Crippen molar-refractivity contribution in [3.63, 3.8) is 0 Å². The van der Waals surface area contributed by atoms with E-state index in [1.165, 1.54) is 6.42 Å². The van der Waals surface area contributed by atoms with Gasteiger partial charge in [0.15, 0.2) is 0 Å². The first-order valence-electron chi connectivity index (χ1n) is 8.48. The molecule has 1 heterocycles. The molecule has 1 saturated carbocycles. The predicted molar refractivity (Wildman–Crippen MR) is 83.8 cm³/mol. The largest absolute Gasteiger partial charge is 0.340 e. The maximum atomic E-state index is 13.1. The highest BCUT2D eigenvalue weighted by Gasteiger charge is 2.54. The number of piperazine rings is 1. The molecule has 2 fully saturated rings. The molecule has 2 amide bonds. The van der Waals surface area contributed by atoms with Crippen molar-refractivity contribution in [2.45, 2.75) is 83.7 Å². The summed E-state index contributed by atoms with van der Waals surface area (Å²) in [7, 11) is 0. The van der Waals surface area contributed by atoms with Crippen LogP contribution >= 0.6 is 0 Å². The van der Waals surface area contributed by atoms with Gasteiger partial charge in [0.25, 0.3) is 0 Å². The van der Waals surface area contributed by atoms with E-state index in [1.54, 1.807) is 0 Å². The van der Waals surface area contributed by atoms with Crippen molar-refractivity contribution in [1.29, 1.82) is 0 Å². The van der Waals surface area contributed by atoms with Crippen molar-refractivity contribution < 1.29 is 9.59 Å². The number of hydrogen-bond acceptors (Lipinski definition) is 2. The summed E-state index contributed by atoms with van der Waals surface area (Å²) in [6.07, 6.45) is 7.03. The lowest BCUT2D eigenvalue weighted by Gasteiger charge is -2.51. The molecule has 1 unspecified atom stereocenters. The molecule has 0 radical (unpaired) electrons. The summed E-state index contributed by atoms with van der Waals surface area (Å²) in [5.74, 6) is 0.590. The first-order chi connectivity index (χ1) is 9.83. The average Bonchev–Trinajstić information content (AvgIpc) is 2.44. The second-order valence-electron chi connectivity index (χ2n) is 7.47. The molecular formula is C17H30N2O2. The van der Waals surface area contributed by atoms with Crippen molar-refractivity contribution in [2.24, 2.45) is 5.92 Å². The third kappa shape index (κ3) is 2.95. The van der Waals surface area contributed by atoms with E-state index >= 15 is 0 Å². The van der Waals surface area contributed by atoms with E-state index in [0.29, 0.717) is 12.5 Å². The molecule has 21 heavy (non-hydrogen) atoms. The van der Waals surface area contributed by atoms with E-state index in [0.717, 1.165) is 38.5 Å². The number of rotatable bonds is 4. The van der Waals surface area contributed by atoms with Gasteiger partial charge in [0.1, 0.15) is 11.1 Å². The Hall–Kier alpha value is -1.06. The van der Waals surface area contributed by atoms with E-state index in [1.807, 2.05) is 18.7 Å². The molecule has 2 aliphatic rings. The van der Waals surface area contributed by atoms with Crippen LogP contribution in [0.4, 0.5) is 0 Å². The van der Waals surface area contributed by atoms with Crippen LogP contribution in [-0.2, 0) is 9.59 Å². The number of amides is 2. The molecule has 1 aliphatic heterocycles. The van der Waals surface area contributed by atoms with Crippen molar-refractivity contribution in [3.05, 3.63) is 0 Å². The van der Waals surface area contributed by atoms with Crippen LogP contribution in [0.3, 0.4) is 0 Å². The van der Waals surface area contributed by atoms with Crippen LogP contribution in [0, 0.1) is 5.92 Å². The number of carbonyl (C=O) groups is 2. The summed E-state index contributed by atoms with van der Waals surface area (Å²) >= 11 is 0. The molecule has 4 heteroatoms. The molecular weight excluding hydrogens is 264 g/mol. The highest BCUT2D eigenvalue weighted by Crippen LogP contribution is 2.36. The van der Waals surface area contributed by atoms with Gasteiger partial charge in [-0.25, -0.2) is 0 Å². The summed E-state index contributed by atoms with van der Waals surface area (Å²) in [6.45, 7) is 8.76. The quantitative estimate of drug-likeness (QED) is 0.866. The van der Waals surface area contributed by atoms with Crippen LogP contribution in [0.15, 0.2) is 0 Å². The Labute approximate surface area is 128 Å². The third-order valence-electron chi connectivity index (χ3n) is 5.22.